The highest BCUT2D eigenvalue weighted by atomic mass is 31.2. The summed E-state index contributed by atoms with van der Waals surface area (Å²) in [5.41, 5.74) is 0.472. The van der Waals surface area contributed by atoms with Gasteiger partial charge in [0.2, 0.25) is 0 Å². The largest absolute Gasteiger partial charge is 0.529 e. The maximum absolute atomic E-state index is 13.0. The topological polar surface area (TPSA) is 71.1 Å². The van der Waals surface area contributed by atoms with Crippen molar-refractivity contribution in [2.75, 3.05) is 19.8 Å². The summed E-state index contributed by atoms with van der Waals surface area (Å²) in [5, 5.41) is 0. The molecule has 0 saturated carbocycles. The van der Waals surface area contributed by atoms with Gasteiger partial charge in [0.05, 0.1) is 24.7 Å². The lowest BCUT2D eigenvalue weighted by molar-refractivity contribution is -0.135. The van der Waals surface area contributed by atoms with Gasteiger partial charge in [-0.15, -0.1) is 0 Å². The maximum atomic E-state index is 13.0. The number of phosphoric ester groups is 1. The van der Waals surface area contributed by atoms with Crippen molar-refractivity contribution in [1.29, 1.82) is 0 Å². The monoisotopic (exact) mass is 444 g/mol. The number of fused-ring (bicyclic) bond motifs is 1. The molecule has 1 fully saturated rings. The Kier molecular flexibility index (Phi) is 11.5. The zero-order valence-electron chi connectivity index (χ0n) is 19.2. The lowest BCUT2D eigenvalue weighted by Crippen LogP contribution is -2.11. The first kappa shape index (κ1) is 25.4. The fourth-order valence-electron chi connectivity index (χ4n) is 3.89. The van der Waals surface area contributed by atoms with Gasteiger partial charge in [0.15, 0.2) is 0 Å². The van der Waals surface area contributed by atoms with Crippen LogP contribution in [0.2, 0.25) is 0 Å². The van der Waals surface area contributed by atoms with E-state index < -0.39 is 13.8 Å². The van der Waals surface area contributed by atoms with E-state index in [0.717, 1.165) is 12.8 Å². The highest BCUT2D eigenvalue weighted by Gasteiger charge is 2.43. The Balaban J connectivity index is 1.66. The molecule has 0 radical (unpaired) electrons. The minimum absolute atomic E-state index is 0.123. The Hall–Kier alpha value is -0.840. The number of rotatable bonds is 15. The Morgan fingerprint density at radius 1 is 0.967 bits per heavy atom. The van der Waals surface area contributed by atoms with E-state index in [1.165, 1.54) is 57.8 Å². The molecule has 1 saturated heterocycles. The fourth-order valence-corrected chi connectivity index (χ4v) is 5.23. The van der Waals surface area contributed by atoms with Gasteiger partial charge >= 0.3 is 13.8 Å². The van der Waals surface area contributed by atoms with Crippen LogP contribution < -0.4 is 0 Å². The first-order chi connectivity index (χ1) is 14.4. The van der Waals surface area contributed by atoms with Crippen LogP contribution in [0.1, 0.15) is 97.8 Å². The van der Waals surface area contributed by atoms with Gasteiger partial charge in [0.25, 0.3) is 0 Å². The normalized spacial score (nSPS) is 24.0. The maximum Gasteiger partial charge on any atom is 0.529 e. The summed E-state index contributed by atoms with van der Waals surface area (Å²) < 4.78 is 34.9. The average molecular weight is 445 g/mol. The molecule has 2 aliphatic rings. The van der Waals surface area contributed by atoms with E-state index >= 15 is 0 Å². The zero-order chi connectivity index (χ0) is 21.8. The third-order valence-electron chi connectivity index (χ3n) is 5.59. The fraction of sp³-hybridized carbons (Fsp3) is 0.870. The van der Waals surface area contributed by atoms with Crippen molar-refractivity contribution >= 4 is 13.8 Å². The number of esters is 1. The first-order valence-electron chi connectivity index (χ1n) is 11.9. The van der Waals surface area contributed by atoms with Gasteiger partial charge in [-0.3, -0.25) is 9.05 Å². The number of unbranched alkanes of at least 4 members (excludes halogenated alkanes) is 10. The summed E-state index contributed by atoms with van der Waals surface area (Å²) in [6.45, 7) is 7.00. The van der Waals surface area contributed by atoms with Crippen LogP contribution in [0.15, 0.2) is 11.3 Å². The van der Waals surface area contributed by atoms with Crippen LogP contribution in [-0.4, -0.2) is 25.8 Å². The van der Waals surface area contributed by atoms with Crippen molar-refractivity contribution < 1.29 is 27.7 Å². The third kappa shape index (κ3) is 8.72. The van der Waals surface area contributed by atoms with E-state index in [0.29, 0.717) is 24.4 Å². The molecule has 0 aromatic heterocycles. The number of hydrogen-bond donors (Lipinski definition) is 0. The van der Waals surface area contributed by atoms with Crippen LogP contribution in [0.25, 0.3) is 0 Å². The highest BCUT2D eigenvalue weighted by molar-refractivity contribution is 7.48. The predicted octanol–water partition coefficient (Wildman–Crippen LogP) is 6.94. The number of carbonyl (C=O) groups is 1. The summed E-state index contributed by atoms with van der Waals surface area (Å²) in [6, 6.07) is 0. The van der Waals surface area contributed by atoms with Crippen molar-refractivity contribution in [1.82, 2.24) is 0 Å². The van der Waals surface area contributed by atoms with Crippen molar-refractivity contribution in [2.45, 2.75) is 97.8 Å². The molecular weight excluding hydrogens is 403 g/mol. The van der Waals surface area contributed by atoms with E-state index in [2.05, 4.69) is 6.92 Å². The SMILES string of the molecule is CCCCCCCCCCCCCO[P@]1(=O)OC[C@@H]2COC(=O)C2=C(CC(C)C)O1. The van der Waals surface area contributed by atoms with Crippen LogP contribution in [0.5, 0.6) is 0 Å². The molecule has 0 unspecified atom stereocenters. The molecule has 7 heteroatoms. The number of carbonyl (C=O) groups excluding carboxylic acids is 1. The molecule has 2 aliphatic heterocycles. The molecule has 30 heavy (non-hydrogen) atoms. The van der Waals surface area contributed by atoms with Crippen molar-refractivity contribution in [2.24, 2.45) is 11.8 Å². The molecule has 0 bridgehead atoms. The van der Waals surface area contributed by atoms with Gasteiger partial charge in [0.1, 0.15) is 12.4 Å². The van der Waals surface area contributed by atoms with Gasteiger partial charge in [0, 0.05) is 6.42 Å². The minimum Gasteiger partial charge on any atom is -0.461 e. The van der Waals surface area contributed by atoms with Crippen LogP contribution >= 0.6 is 7.82 Å². The number of hydrogen-bond acceptors (Lipinski definition) is 6. The quantitative estimate of drug-likeness (QED) is 0.155. The summed E-state index contributed by atoms with van der Waals surface area (Å²) in [5.74, 6) is 0.0442. The minimum atomic E-state index is -3.70. The standard InChI is InChI=1S/C23H41O6P/c1-4-5-6-7-8-9-10-11-12-13-14-15-27-30(25)28-18-20-17-26-23(24)22(20)21(29-30)16-19(2)3/h19-20H,4-18H2,1-3H3/t20-,30+/m0/s1. The van der Waals surface area contributed by atoms with Crippen LogP contribution in [0.4, 0.5) is 0 Å². The van der Waals surface area contributed by atoms with Gasteiger partial charge < -0.3 is 9.26 Å². The molecule has 0 aromatic carbocycles. The molecular formula is C23H41O6P. The molecule has 2 atom stereocenters. The van der Waals surface area contributed by atoms with Crippen molar-refractivity contribution in [3.8, 4) is 0 Å². The number of phosphoric acid groups is 1. The Morgan fingerprint density at radius 3 is 2.17 bits per heavy atom. The van der Waals surface area contributed by atoms with Gasteiger partial charge in [-0.25, -0.2) is 9.36 Å². The van der Waals surface area contributed by atoms with E-state index in [1.807, 2.05) is 13.8 Å². The summed E-state index contributed by atoms with van der Waals surface area (Å²) >= 11 is 0. The lowest BCUT2D eigenvalue weighted by atomic mass is 9.98. The molecule has 0 spiro atoms. The van der Waals surface area contributed by atoms with E-state index in [-0.39, 0.29) is 25.0 Å². The highest BCUT2D eigenvalue weighted by Crippen LogP contribution is 2.55. The number of cyclic esters (lactones) is 1. The van der Waals surface area contributed by atoms with Crippen LogP contribution in [-0.2, 0) is 27.7 Å². The summed E-state index contributed by atoms with van der Waals surface area (Å²) in [4.78, 5) is 12.1. The second kappa shape index (κ2) is 13.5. The van der Waals surface area contributed by atoms with Gasteiger partial charge in [-0.05, 0) is 12.3 Å². The lowest BCUT2D eigenvalue weighted by Gasteiger charge is -2.19. The Bertz CT molecular complexity index is 601. The molecule has 2 heterocycles. The van der Waals surface area contributed by atoms with E-state index in [9.17, 15) is 9.36 Å². The predicted molar refractivity (Wildman–Crippen MR) is 118 cm³/mol. The van der Waals surface area contributed by atoms with Gasteiger partial charge in [-0.2, -0.15) is 0 Å². The first-order valence-corrected chi connectivity index (χ1v) is 13.4. The van der Waals surface area contributed by atoms with E-state index in [1.54, 1.807) is 0 Å². The van der Waals surface area contributed by atoms with Crippen molar-refractivity contribution in [3.05, 3.63) is 11.3 Å². The molecule has 0 N–H and O–H groups in total. The smallest absolute Gasteiger partial charge is 0.461 e. The molecule has 0 aliphatic carbocycles. The summed E-state index contributed by atoms with van der Waals surface area (Å²) in [7, 11) is -3.70. The average Bonchev–Trinajstić information content (AvgIpc) is 3.00. The van der Waals surface area contributed by atoms with Gasteiger partial charge in [-0.1, -0.05) is 85.0 Å². The Labute approximate surface area is 182 Å². The second-order valence-corrected chi connectivity index (χ2v) is 10.5. The molecule has 0 amide bonds. The van der Waals surface area contributed by atoms with E-state index in [4.69, 9.17) is 18.3 Å². The third-order valence-corrected chi connectivity index (χ3v) is 7.00. The molecule has 6 nitrogen and oxygen atoms in total. The second-order valence-electron chi connectivity index (χ2n) is 8.93. The summed E-state index contributed by atoms with van der Waals surface area (Å²) in [6.07, 6.45) is 14.2. The molecule has 0 aromatic rings. The number of ether oxygens (including phenoxy) is 1. The molecule has 174 valence electrons. The van der Waals surface area contributed by atoms with Crippen molar-refractivity contribution in [3.63, 3.8) is 0 Å². The number of allylic oxidation sites excluding steroid dienone is 1. The Morgan fingerprint density at radius 2 is 1.57 bits per heavy atom. The van der Waals surface area contributed by atoms with Crippen LogP contribution in [0.3, 0.4) is 0 Å². The van der Waals surface area contributed by atoms with Crippen LogP contribution in [0, 0.1) is 11.8 Å². The molecule has 2 rings (SSSR count). The zero-order valence-corrected chi connectivity index (χ0v) is 20.1.